The lowest BCUT2D eigenvalue weighted by atomic mass is 10.0. The van der Waals surface area contributed by atoms with E-state index in [9.17, 15) is 4.79 Å². The zero-order valence-corrected chi connectivity index (χ0v) is 11.2. The summed E-state index contributed by atoms with van der Waals surface area (Å²) in [6.07, 6.45) is 4.83. The molecule has 1 atom stereocenters. The van der Waals surface area contributed by atoms with Gasteiger partial charge in [-0.2, -0.15) is 10.2 Å². The highest BCUT2D eigenvalue weighted by atomic mass is 16.5. The number of Topliss-reactive ketones (excluding diaryl/α,β-unsaturated/α-hetero) is 1. The van der Waals surface area contributed by atoms with E-state index in [0.29, 0.717) is 23.6 Å². The molecular formula is C12H17N5O2. The number of rotatable bonds is 5. The SMILES string of the molecule is CCn1ncc(OC)c1C(=O)C(N)c1cnn(C)c1. The number of ether oxygens (including phenoxy) is 1. The van der Waals surface area contributed by atoms with Gasteiger partial charge in [0.25, 0.3) is 0 Å². The number of nitrogens with zero attached hydrogens (tertiary/aromatic N) is 4. The highest BCUT2D eigenvalue weighted by Crippen LogP contribution is 2.23. The molecule has 0 saturated heterocycles. The third-order valence-corrected chi connectivity index (χ3v) is 2.93. The molecule has 0 aliphatic heterocycles. The Hall–Kier alpha value is -2.15. The van der Waals surface area contributed by atoms with Gasteiger partial charge in [0, 0.05) is 25.4 Å². The van der Waals surface area contributed by atoms with Crippen LogP contribution >= 0.6 is 0 Å². The minimum Gasteiger partial charge on any atom is -0.493 e. The van der Waals surface area contributed by atoms with Crippen molar-refractivity contribution in [2.45, 2.75) is 19.5 Å². The number of carbonyl (C=O) groups excluding carboxylic acids is 1. The first-order valence-electron chi connectivity index (χ1n) is 5.96. The fourth-order valence-corrected chi connectivity index (χ4v) is 1.91. The van der Waals surface area contributed by atoms with Crippen LogP contribution in [0.4, 0.5) is 0 Å². The van der Waals surface area contributed by atoms with E-state index in [4.69, 9.17) is 10.5 Å². The fourth-order valence-electron chi connectivity index (χ4n) is 1.91. The molecule has 2 heterocycles. The number of carbonyl (C=O) groups is 1. The van der Waals surface area contributed by atoms with Crippen molar-refractivity contribution in [2.24, 2.45) is 12.8 Å². The smallest absolute Gasteiger partial charge is 0.205 e. The first-order valence-corrected chi connectivity index (χ1v) is 5.96. The first-order chi connectivity index (χ1) is 9.08. The quantitative estimate of drug-likeness (QED) is 0.795. The Kier molecular flexibility index (Phi) is 3.66. The summed E-state index contributed by atoms with van der Waals surface area (Å²) in [6, 6.07) is -0.774. The highest BCUT2D eigenvalue weighted by molar-refractivity contribution is 6.01. The summed E-state index contributed by atoms with van der Waals surface area (Å²) in [5, 5.41) is 8.12. The van der Waals surface area contributed by atoms with E-state index in [-0.39, 0.29) is 5.78 Å². The maximum atomic E-state index is 12.5. The van der Waals surface area contributed by atoms with Crippen LogP contribution in [-0.2, 0) is 13.6 Å². The lowest BCUT2D eigenvalue weighted by Gasteiger charge is -2.11. The monoisotopic (exact) mass is 263 g/mol. The molecule has 0 radical (unpaired) electrons. The zero-order chi connectivity index (χ0) is 14.0. The normalized spacial score (nSPS) is 12.4. The van der Waals surface area contributed by atoms with Gasteiger partial charge in [0.05, 0.1) is 25.5 Å². The molecule has 7 heteroatoms. The molecule has 19 heavy (non-hydrogen) atoms. The number of aromatic nitrogens is 4. The van der Waals surface area contributed by atoms with Gasteiger partial charge in [0.15, 0.2) is 5.75 Å². The van der Waals surface area contributed by atoms with E-state index >= 15 is 0 Å². The molecule has 2 N–H and O–H groups in total. The molecule has 0 spiro atoms. The van der Waals surface area contributed by atoms with Gasteiger partial charge in [-0.05, 0) is 6.92 Å². The van der Waals surface area contributed by atoms with Crippen LogP contribution < -0.4 is 10.5 Å². The second-order valence-electron chi connectivity index (χ2n) is 4.17. The predicted octanol–water partition coefficient (Wildman–Crippen LogP) is 0.528. The number of methoxy groups -OCH3 is 1. The van der Waals surface area contributed by atoms with Crippen LogP contribution in [0.15, 0.2) is 18.6 Å². The number of hydrogen-bond acceptors (Lipinski definition) is 5. The number of aryl methyl sites for hydroxylation is 2. The molecule has 102 valence electrons. The van der Waals surface area contributed by atoms with Crippen LogP contribution in [-0.4, -0.2) is 32.5 Å². The molecule has 7 nitrogen and oxygen atoms in total. The molecule has 0 saturated carbocycles. The minimum absolute atomic E-state index is 0.232. The summed E-state index contributed by atoms with van der Waals surface area (Å²) in [7, 11) is 3.28. The molecule has 0 aliphatic rings. The summed E-state index contributed by atoms with van der Waals surface area (Å²) in [4.78, 5) is 12.5. The average molecular weight is 263 g/mol. The second kappa shape index (κ2) is 5.23. The maximum Gasteiger partial charge on any atom is 0.205 e. The lowest BCUT2D eigenvalue weighted by molar-refractivity contribution is 0.0947. The van der Waals surface area contributed by atoms with Crippen molar-refractivity contribution in [1.82, 2.24) is 19.6 Å². The van der Waals surface area contributed by atoms with Gasteiger partial charge in [-0.1, -0.05) is 0 Å². The summed E-state index contributed by atoms with van der Waals surface area (Å²) in [5.41, 5.74) is 7.05. The van der Waals surface area contributed by atoms with Crippen molar-refractivity contribution < 1.29 is 9.53 Å². The van der Waals surface area contributed by atoms with E-state index in [1.165, 1.54) is 13.3 Å². The largest absolute Gasteiger partial charge is 0.493 e. The van der Waals surface area contributed by atoms with Gasteiger partial charge in [-0.15, -0.1) is 0 Å². The van der Waals surface area contributed by atoms with Crippen molar-refractivity contribution in [2.75, 3.05) is 7.11 Å². The van der Waals surface area contributed by atoms with Crippen molar-refractivity contribution in [1.29, 1.82) is 0 Å². The van der Waals surface area contributed by atoms with Gasteiger partial charge in [0.1, 0.15) is 5.69 Å². The van der Waals surface area contributed by atoms with Crippen LogP contribution in [0, 0.1) is 0 Å². The van der Waals surface area contributed by atoms with Gasteiger partial charge >= 0.3 is 0 Å². The maximum absolute atomic E-state index is 12.5. The predicted molar refractivity (Wildman–Crippen MR) is 68.9 cm³/mol. The van der Waals surface area contributed by atoms with E-state index < -0.39 is 6.04 Å². The fraction of sp³-hybridized carbons (Fsp3) is 0.417. The van der Waals surface area contributed by atoms with Gasteiger partial charge < -0.3 is 10.5 Å². The number of nitrogens with two attached hydrogens (primary N) is 1. The van der Waals surface area contributed by atoms with Gasteiger partial charge in [-0.25, -0.2) is 0 Å². The second-order valence-corrected chi connectivity index (χ2v) is 4.17. The van der Waals surface area contributed by atoms with Crippen LogP contribution in [0.2, 0.25) is 0 Å². The molecule has 0 aliphatic carbocycles. The van der Waals surface area contributed by atoms with Gasteiger partial charge in [-0.3, -0.25) is 14.2 Å². The lowest BCUT2D eigenvalue weighted by Crippen LogP contribution is -2.24. The molecule has 2 rings (SSSR count). The molecule has 0 bridgehead atoms. The van der Waals surface area contributed by atoms with Gasteiger partial charge in [0.2, 0.25) is 5.78 Å². The van der Waals surface area contributed by atoms with Crippen molar-refractivity contribution in [3.05, 3.63) is 29.8 Å². The molecular weight excluding hydrogens is 246 g/mol. The van der Waals surface area contributed by atoms with Crippen molar-refractivity contribution in [3.8, 4) is 5.75 Å². The topological polar surface area (TPSA) is 88.0 Å². The number of hydrogen-bond donors (Lipinski definition) is 1. The highest BCUT2D eigenvalue weighted by Gasteiger charge is 2.26. The van der Waals surface area contributed by atoms with Crippen molar-refractivity contribution >= 4 is 5.78 Å². The zero-order valence-electron chi connectivity index (χ0n) is 11.2. The molecule has 0 amide bonds. The Morgan fingerprint density at radius 3 is 2.74 bits per heavy atom. The average Bonchev–Trinajstić information content (AvgIpc) is 3.02. The third-order valence-electron chi connectivity index (χ3n) is 2.93. The Morgan fingerprint density at radius 1 is 1.47 bits per heavy atom. The molecule has 2 aromatic heterocycles. The third kappa shape index (κ3) is 2.37. The Morgan fingerprint density at radius 2 is 2.21 bits per heavy atom. The minimum atomic E-state index is -0.774. The summed E-state index contributed by atoms with van der Waals surface area (Å²) < 4.78 is 8.35. The van der Waals surface area contributed by atoms with Crippen LogP contribution in [0.1, 0.15) is 29.0 Å². The molecule has 1 unspecified atom stereocenters. The van der Waals surface area contributed by atoms with E-state index in [0.717, 1.165) is 0 Å². The standard InChI is InChI=1S/C12H17N5O2/c1-4-17-11(9(19-3)6-15-17)12(18)10(13)8-5-14-16(2)7-8/h5-7,10H,4,13H2,1-3H3. The number of ketones is 1. The summed E-state index contributed by atoms with van der Waals surface area (Å²) in [6.45, 7) is 2.48. The molecule has 0 aromatic carbocycles. The van der Waals surface area contributed by atoms with Crippen molar-refractivity contribution in [3.63, 3.8) is 0 Å². The summed E-state index contributed by atoms with van der Waals surface area (Å²) >= 11 is 0. The molecule has 0 fully saturated rings. The van der Waals surface area contributed by atoms with Crippen LogP contribution in [0.25, 0.3) is 0 Å². The Balaban J connectivity index is 2.36. The first kappa shape index (κ1) is 13.3. The summed E-state index contributed by atoms with van der Waals surface area (Å²) in [5.74, 6) is 0.204. The van der Waals surface area contributed by atoms with E-state index in [1.54, 1.807) is 28.8 Å². The Bertz CT molecular complexity index is 565. The van der Waals surface area contributed by atoms with E-state index in [2.05, 4.69) is 10.2 Å². The molecule has 2 aromatic rings. The van der Waals surface area contributed by atoms with E-state index in [1.807, 2.05) is 6.92 Å². The Labute approximate surface area is 111 Å². The van der Waals surface area contributed by atoms with Crippen LogP contribution in [0.5, 0.6) is 5.75 Å². The van der Waals surface area contributed by atoms with Crippen LogP contribution in [0.3, 0.4) is 0 Å².